The second-order valence-electron chi connectivity index (χ2n) is 9.70. The van der Waals surface area contributed by atoms with Gasteiger partial charge in [-0.15, -0.1) is 0 Å². The van der Waals surface area contributed by atoms with E-state index in [1.165, 1.54) is 4.90 Å². The molecule has 0 radical (unpaired) electrons. The molecule has 1 saturated heterocycles. The lowest BCUT2D eigenvalue weighted by atomic mass is 9.94. The minimum Gasteiger partial charge on any atom is -0.507 e. The standard InChI is InChI=1S/C31H30ClNO6/c1-5-38-25-16-22(11-14-24(25)32)28(34)26-27(21-8-6-7-19(4)15-21)33(30(36)29(26)35)23-12-9-20(10-13-23)31(37)39-17-18(2)3/h6-16,18,27,34H,5,17H2,1-4H3/b28-26-. The molecule has 39 heavy (non-hydrogen) atoms. The van der Waals surface area contributed by atoms with Crippen LogP contribution in [0.1, 0.15) is 53.9 Å². The summed E-state index contributed by atoms with van der Waals surface area (Å²) >= 11 is 6.22. The monoisotopic (exact) mass is 547 g/mol. The predicted octanol–water partition coefficient (Wildman–Crippen LogP) is 6.49. The summed E-state index contributed by atoms with van der Waals surface area (Å²) in [6.45, 7) is 8.25. The Morgan fingerprint density at radius 2 is 1.72 bits per heavy atom. The Bertz CT molecular complexity index is 1440. The molecule has 202 valence electrons. The quantitative estimate of drug-likeness (QED) is 0.150. The van der Waals surface area contributed by atoms with Crippen molar-refractivity contribution in [1.82, 2.24) is 0 Å². The Morgan fingerprint density at radius 1 is 1.03 bits per heavy atom. The number of esters is 1. The summed E-state index contributed by atoms with van der Waals surface area (Å²) in [5, 5.41) is 11.8. The van der Waals surface area contributed by atoms with Gasteiger partial charge >= 0.3 is 5.97 Å². The van der Waals surface area contributed by atoms with Crippen molar-refractivity contribution in [3.05, 3.63) is 99.6 Å². The molecule has 0 bridgehead atoms. The van der Waals surface area contributed by atoms with Crippen LogP contribution in [-0.2, 0) is 14.3 Å². The number of aliphatic hydroxyl groups excluding tert-OH is 1. The number of rotatable bonds is 8. The maximum absolute atomic E-state index is 13.4. The second kappa shape index (κ2) is 11.7. The Labute approximate surface area is 232 Å². The lowest BCUT2D eigenvalue weighted by Gasteiger charge is -2.26. The number of carbonyl (C=O) groups excluding carboxylic acids is 3. The number of hydrogen-bond acceptors (Lipinski definition) is 6. The topological polar surface area (TPSA) is 93.1 Å². The van der Waals surface area contributed by atoms with Gasteiger partial charge in [0, 0.05) is 11.3 Å². The molecule has 7 nitrogen and oxygen atoms in total. The van der Waals surface area contributed by atoms with Crippen molar-refractivity contribution in [2.24, 2.45) is 5.92 Å². The Balaban J connectivity index is 1.82. The number of aliphatic hydroxyl groups is 1. The molecule has 1 aliphatic rings. The molecule has 3 aromatic rings. The summed E-state index contributed by atoms with van der Waals surface area (Å²) in [5.74, 6) is -1.89. The fraction of sp³-hybridized carbons (Fsp3) is 0.258. The zero-order valence-electron chi connectivity index (χ0n) is 22.2. The molecule has 1 N–H and O–H groups in total. The van der Waals surface area contributed by atoms with E-state index in [9.17, 15) is 19.5 Å². The van der Waals surface area contributed by atoms with E-state index in [-0.39, 0.29) is 23.9 Å². The summed E-state index contributed by atoms with van der Waals surface area (Å²) in [5.41, 5.74) is 2.53. The van der Waals surface area contributed by atoms with Crippen molar-refractivity contribution in [1.29, 1.82) is 0 Å². The molecule has 1 unspecified atom stereocenters. The minimum absolute atomic E-state index is 0.0595. The molecular formula is C31H30ClNO6. The van der Waals surface area contributed by atoms with Crippen LogP contribution < -0.4 is 9.64 Å². The molecule has 3 aromatic carbocycles. The molecule has 0 saturated carbocycles. The first-order valence-corrected chi connectivity index (χ1v) is 13.1. The summed E-state index contributed by atoms with van der Waals surface area (Å²) in [4.78, 5) is 40.6. The third-order valence-electron chi connectivity index (χ3n) is 6.24. The van der Waals surface area contributed by atoms with Crippen LogP contribution in [0, 0.1) is 12.8 Å². The van der Waals surface area contributed by atoms with E-state index in [0.29, 0.717) is 39.8 Å². The smallest absolute Gasteiger partial charge is 0.338 e. The molecule has 1 heterocycles. The summed E-state index contributed by atoms with van der Waals surface area (Å²) < 4.78 is 10.8. The molecule has 8 heteroatoms. The highest BCUT2D eigenvalue weighted by atomic mass is 35.5. The van der Waals surface area contributed by atoms with Crippen LogP contribution in [0.15, 0.2) is 72.3 Å². The third kappa shape index (κ3) is 5.83. The summed E-state index contributed by atoms with van der Waals surface area (Å²) in [6.07, 6.45) is 0. The molecule has 1 fully saturated rings. The van der Waals surface area contributed by atoms with Crippen LogP contribution in [-0.4, -0.2) is 36.0 Å². The normalized spacial score (nSPS) is 16.6. The number of Topliss-reactive ketones (excluding diaryl/α,β-unsaturated/α-hetero) is 1. The van der Waals surface area contributed by atoms with Crippen molar-refractivity contribution in [2.45, 2.75) is 33.7 Å². The number of hydrogen-bond donors (Lipinski definition) is 1. The number of anilines is 1. The lowest BCUT2D eigenvalue weighted by molar-refractivity contribution is -0.132. The largest absolute Gasteiger partial charge is 0.507 e. The van der Waals surface area contributed by atoms with Crippen LogP contribution in [0.25, 0.3) is 5.76 Å². The van der Waals surface area contributed by atoms with Gasteiger partial charge in [0.15, 0.2) is 0 Å². The average Bonchev–Trinajstić information content (AvgIpc) is 3.18. The first-order valence-electron chi connectivity index (χ1n) is 12.7. The van der Waals surface area contributed by atoms with Gasteiger partial charge in [0.2, 0.25) is 0 Å². The van der Waals surface area contributed by atoms with Gasteiger partial charge < -0.3 is 14.6 Å². The highest BCUT2D eigenvalue weighted by Crippen LogP contribution is 2.43. The molecule has 0 aliphatic carbocycles. The van der Waals surface area contributed by atoms with Gasteiger partial charge in [-0.2, -0.15) is 0 Å². The van der Waals surface area contributed by atoms with Crippen molar-refractivity contribution in [3.63, 3.8) is 0 Å². The number of ketones is 1. The van der Waals surface area contributed by atoms with Gasteiger partial charge in [0.25, 0.3) is 11.7 Å². The van der Waals surface area contributed by atoms with Gasteiger partial charge in [-0.1, -0.05) is 55.3 Å². The number of ether oxygens (including phenoxy) is 2. The van der Waals surface area contributed by atoms with E-state index in [1.54, 1.807) is 55.5 Å². The Morgan fingerprint density at radius 3 is 2.36 bits per heavy atom. The van der Waals surface area contributed by atoms with Crippen molar-refractivity contribution >= 4 is 40.7 Å². The number of halogens is 1. The second-order valence-corrected chi connectivity index (χ2v) is 10.1. The van der Waals surface area contributed by atoms with E-state index in [1.807, 2.05) is 39.0 Å². The third-order valence-corrected chi connectivity index (χ3v) is 6.55. The SMILES string of the molecule is CCOc1cc(/C(O)=C2/C(=O)C(=O)N(c3ccc(C(=O)OCC(C)C)cc3)C2c2cccc(C)c2)ccc1Cl. The fourth-order valence-corrected chi connectivity index (χ4v) is 4.58. The van der Waals surface area contributed by atoms with E-state index >= 15 is 0 Å². The fourth-order valence-electron chi connectivity index (χ4n) is 4.41. The van der Waals surface area contributed by atoms with Crippen LogP contribution in [0.3, 0.4) is 0 Å². The van der Waals surface area contributed by atoms with Crippen LogP contribution in [0.5, 0.6) is 5.75 Å². The van der Waals surface area contributed by atoms with Crippen LogP contribution >= 0.6 is 11.6 Å². The van der Waals surface area contributed by atoms with Gasteiger partial charge in [0.1, 0.15) is 11.5 Å². The molecule has 1 aliphatic heterocycles. The highest BCUT2D eigenvalue weighted by molar-refractivity contribution is 6.51. The zero-order chi connectivity index (χ0) is 28.3. The van der Waals surface area contributed by atoms with Gasteiger partial charge in [-0.25, -0.2) is 4.79 Å². The maximum Gasteiger partial charge on any atom is 0.338 e. The number of amides is 1. The first-order chi connectivity index (χ1) is 18.6. The molecule has 0 spiro atoms. The Hall–Kier alpha value is -4.10. The number of carbonyl (C=O) groups is 3. The molecule has 4 rings (SSSR count). The predicted molar refractivity (Wildman–Crippen MR) is 150 cm³/mol. The molecule has 0 aromatic heterocycles. The van der Waals surface area contributed by atoms with E-state index in [4.69, 9.17) is 21.1 Å². The number of aryl methyl sites for hydroxylation is 1. The molecule has 1 atom stereocenters. The number of nitrogens with zero attached hydrogens (tertiary/aromatic N) is 1. The van der Waals surface area contributed by atoms with E-state index in [2.05, 4.69) is 0 Å². The summed E-state index contributed by atoms with van der Waals surface area (Å²) in [7, 11) is 0. The van der Waals surface area contributed by atoms with Crippen molar-refractivity contribution in [2.75, 3.05) is 18.1 Å². The number of benzene rings is 3. The van der Waals surface area contributed by atoms with Crippen LogP contribution in [0.2, 0.25) is 5.02 Å². The average molecular weight is 548 g/mol. The first kappa shape index (κ1) is 27.9. The van der Waals surface area contributed by atoms with Crippen LogP contribution in [0.4, 0.5) is 5.69 Å². The zero-order valence-corrected chi connectivity index (χ0v) is 23.0. The lowest BCUT2D eigenvalue weighted by Crippen LogP contribution is -2.29. The van der Waals surface area contributed by atoms with Gasteiger partial charge in [-0.3, -0.25) is 14.5 Å². The van der Waals surface area contributed by atoms with Crippen molar-refractivity contribution in [3.8, 4) is 5.75 Å². The molecule has 1 amide bonds. The van der Waals surface area contributed by atoms with Gasteiger partial charge in [0.05, 0.1) is 35.4 Å². The molecular weight excluding hydrogens is 518 g/mol. The minimum atomic E-state index is -0.908. The van der Waals surface area contributed by atoms with Crippen molar-refractivity contribution < 1.29 is 29.0 Å². The maximum atomic E-state index is 13.4. The highest BCUT2D eigenvalue weighted by Gasteiger charge is 2.47. The van der Waals surface area contributed by atoms with E-state index in [0.717, 1.165) is 5.56 Å². The van der Waals surface area contributed by atoms with Gasteiger partial charge in [-0.05, 0) is 67.8 Å². The van der Waals surface area contributed by atoms with E-state index < -0.39 is 23.7 Å². The Kier molecular flexibility index (Phi) is 8.41. The summed E-state index contributed by atoms with van der Waals surface area (Å²) in [6, 6.07) is 17.5.